The van der Waals surface area contributed by atoms with Crippen LogP contribution in [0.4, 0.5) is 10.1 Å². The second-order valence-corrected chi connectivity index (χ2v) is 9.43. The van der Waals surface area contributed by atoms with Crippen LogP contribution in [-0.4, -0.2) is 29.4 Å². The quantitative estimate of drug-likeness (QED) is 0.506. The fraction of sp³-hybridized carbons (Fsp3) is 0.207. The van der Waals surface area contributed by atoms with E-state index >= 15 is 0 Å². The first kappa shape index (κ1) is 20.7. The van der Waals surface area contributed by atoms with Crippen LogP contribution in [0.15, 0.2) is 72.8 Å². The molecule has 0 unspecified atom stereocenters. The van der Waals surface area contributed by atoms with E-state index < -0.39 is 23.4 Å². The highest BCUT2D eigenvalue weighted by Gasteiger charge is 2.71. The molecule has 4 nitrogen and oxygen atoms in total. The largest absolute Gasteiger partial charge is 0.352 e. The molecule has 1 saturated heterocycles. The summed E-state index contributed by atoms with van der Waals surface area (Å²) in [5.41, 5.74) is 2.39. The number of hydrogen-bond donors (Lipinski definition) is 0. The van der Waals surface area contributed by atoms with Crippen LogP contribution in [0.1, 0.15) is 50.2 Å². The Morgan fingerprint density at radius 3 is 2.21 bits per heavy atom. The molecule has 2 aliphatic heterocycles. The van der Waals surface area contributed by atoms with E-state index in [-0.39, 0.29) is 23.2 Å². The highest BCUT2D eigenvalue weighted by molar-refractivity contribution is 6.32. The van der Waals surface area contributed by atoms with Crippen molar-refractivity contribution in [3.05, 3.63) is 106 Å². The molecule has 34 heavy (non-hydrogen) atoms. The third-order valence-electron chi connectivity index (χ3n) is 7.62. The zero-order valence-electron chi connectivity index (χ0n) is 18.8. The van der Waals surface area contributed by atoms with Gasteiger partial charge in [0, 0.05) is 28.3 Å². The first-order chi connectivity index (χ1) is 16.4. The van der Waals surface area contributed by atoms with Crippen LogP contribution >= 0.6 is 0 Å². The van der Waals surface area contributed by atoms with E-state index in [1.807, 2.05) is 36.1 Å². The van der Waals surface area contributed by atoms with Gasteiger partial charge in [-0.15, -0.1) is 0 Å². The highest BCUT2D eigenvalue weighted by Crippen LogP contribution is 2.60. The first-order valence-corrected chi connectivity index (χ1v) is 11.4. The van der Waals surface area contributed by atoms with Gasteiger partial charge in [0.15, 0.2) is 17.3 Å². The van der Waals surface area contributed by atoms with E-state index in [0.717, 1.165) is 11.1 Å². The number of carbonyl (C=O) groups excluding carboxylic acids is 3. The number of nitrogens with zero attached hydrogens (tertiary/aromatic N) is 1. The lowest BCUT2D eigenvalue weighted by atomic mass is 9.64. The molecule has 0 aromatic heterocycles. The summed E-state index contributed by atoms with van der Waals surface area (Å²) in [6.45, 7) is 3.47. The van der Waals surface area contributed by atoms with E-state index in [1.165, 1.54) is 19.1 Å². The molecule has 6 rings (SSSR count). The minimum Gasteiger partial charge on any atom is -0.352 e. The van der Waals surface area contributed by atoms with Gasteiger partial charge in [-0.2, -0.15) is 0 Å². The van der Waals surface area contributed by atoms with Crippen molar-refractivity contribution in [3.63, 3.8) is 0 Å². The lowest BCUT2D eigenvalue weighted by molar-refractivity contribution is -0.118. The molecule has 5 heteroatoms. The minimum absolute atomic E-state index is 0.144. The van der Waals surface area contributed by atoms with Gasteiger partial charge in [0.05, 0.1) is 12.1 Å². The third kappa shape index (κ3) is 2.50. The molecule has 1 fully saturated rings. The molecule has 1 spiro atoms. The number of anilines is 1. The molecule has 0 saturated carbocycles. The molecule has 0 N–H and O–H groups in total. The second-order valence-electron chi connectivity index (χ2n) is 9.43. The fourth-order valence-electron chi connectivity index (χ4n) is 6.25. The summed E-state index contributed by atoms with van der Waals surface area (Å²) in [5.74, 6) is -1.73. The lowest BCUT2D eigenvalue weighted by Gasteiger charge is -2.37. The Hall–Kier alpha value is -3.86. The van der Waals surface area contributed by atoms with E-state index in [0.29, 0.717) is 22.4 Å². The fourth-order valence-corrected chi connectivity index (χ4v) is 6.25. The molecule has 3 aliphatic rings. The Labute approximate surface area is 196 Å². The van der Waals surface area contributed by atoms with Crippen LogP contribution < -0.4 is 4.90 Å². The highest BCUT2D eigenvalue weighted by atomic mass is 19.1. The van der Waals surface area contributed by atoms with Gasteiger partial charge in [-0.3, -0.25) is 14.4 Å². The number of hydrogen-bond acceptors (Lipinski definition) is 4. The summed E-state index contributed by atoms with van der Waals surface area (Å²) in [5, 5.41) is 0. The molecule has 0 radical (unpaired) electrons. The Morgan fingerprint density at radius 1 is 0.941 bits per heavy atom. The van der Waals surface area contributed by atoms with Crippen molar-refractivity contribution in [2.24, 2.45) is 5.41 Å². The monoisotopic (exact) mass is 451 g/mol. The van der Waals surface area contributed by atoms with Crippen LogP contribution in [0.25, 0.3) is 6.08 Å². The SMILES string of the molecule is CC(=O)[C@@H]1[C@H](c2ccc(C)cc2)C2(C(=O)c3ccccc3C2=O)[C@@H]2C=Cc3cc(F)ccc3N12. The number of halogens is 1. The van der Waals surface area contributed by atoms with Crippen molar-refractivity contribution < 1.29 is 18.8 Å². The second kappa shape index (κ2) is 7.07. The standard InChI is InChI=1S/C29H22FNO3/c1-16-7-9-18(10-8-16)25-26(17(2)32)31-23-13-12-20(30)15-19(23)11-14-24(31)29(25)27(33)21-5-3-4-6-22(21)28(29)34/h3-15,24-26H,1-2H3/t24-,25-,26+/m0/s1. The van der Waals surface area contributed by atoms with Crippen molar-refractivity contribution in [1.29, 1.82) is 0 Å². The molecule has 3 atom stereocenters. The number of fused-ring (bicyclic) bond motifs is 5. The van der Waals surface area contributed by atoms with Gasteiger partial charge in [-0.25, -0.2) is 4.39 Å². The number of carbonyl (C=O) groups is 3. The third-order valence-corrected chi connectivity index (χ3v) is 7.62. The summed E-state index contributed by atoms with van der Waals surface area (Å²) in [6, 6.07) is 17.6. The van der Waals surface area contributed by atoms with E-state index in [2.05, 4.69) is 0 Å². The van der Waals surface area contributed by atoms with Crippen molar-refractivity contribution in [3.8, 4) is 0 Å². The van der Waals surface area contributed by atoms with Crippen LogP contribution in [0, 0.1) is 18.2 Å². The summed E-state index contributed by atoms with van der Waals surface area (Å²) in [4.78, 5) is 43.6. The van der Waals surface area contributed by atoms with Crippen LogP contribution in [0.2, 0.25) is 0 Å². The zero-order chi connectivity index (χ0) is 23.8. The maximum absolute atomic E-state index is 14.2. The summed E-state index contributed by atoms with van der Waals surface area (Å²) < 4.78 is 14.0. The predicted octanol–water partition coefficient (Wildman–Crippen LogP) is 5.16. The van der Waals surface area contributed by atoms with Gasteiger partial charge in [0.25, 0.3) is 0 Å². The normalized spacial score (nSPS) is 23.7. The molecular formula is C29H22FNO3. The van der Waals surface area contributed by atoms with Gasteiger partial charge < -0.3 is 4.90 Å². The van der Waals surface area contributed by atoms with Gasteiger partial charge in [0.1, 0.15) is 11.2 Å². The van der Waals surface area contributed by atoms with Crippen molar-refractivity contribution in [1.82, 2.24) is 0 Å². The lowest BCUT2D eigenvalue weighted by Crippen LogP contribution is -2.48. The summed E-state index contributed by atoms with van der Waals surface area (Å²) in [7, 11) is 0. The molecule has 168 valence electrons. The summed E-state index contributed by atoms with van der Waals surface area (Å²) >= 11 is 0. The minimum atomic E-state index is -1.49. The van der Waals surface area contributed by atoms with Gasteiger partial charge in [-0.1, -0.05) is 66.2 Å². The number of ketones is 3. The van der Waals surface area contributed by atoms with Crippen molar-refractivity contribution in [2.45, 2.75) is 31.8 Å². The van der Waals surface area contributed by atoms with E-state index in [9.17, 15) is 18.8 Å². The van der Waals surface area contributed by atoms with Gasteiger partial charge in [-0.05, 0) is 37.6 Å². The summed E-state index contributed by atoms with van der Waals surface area (Å²) in [6.07, 6.45) is 3.56. The maximum Gasteiger partial charge on any atom is 0.180 e. The topological polar surface area (TPSA) is 54.5 Å². The maximum atomic E-state index is 14.2. The molecule has 1 aliphatic carbocycles. The Kier molecular flexibility index (Phi) is 4.31. The molecule has 0 amide bonds. The smallest absolute Gasteiger partial charge is 0.180 e. The van der Waals surface area contributed by atoms with Crippen LogP contribution in [-0.2, 0) is 4.79 Å². The zero-order valence-corrected chi connectivity index (χ0v) is 18.8. The molecule has 0 bridgehead atoms. The van der Waals surface area contributed by atoms with E-state index in [1.54, 1.807) is 42.5 Å². The van der Waals surface area contributed by atoms with Gasteiger partial charge in [0.2, 0.25) is 0 Å². The van der Waals surface area contributed by atoms with Gasteiger partial charge >= 0.3 is 0 Å². The number of rotatable bonds is 2. The average Bonchev–Trinajstić information content (AvgIpc) is 3.26. The Bertz CT molecular complexity index is 1390. The first-order valence-electron chi connectivity index (χ1n) is 11.4. The van der Waals surface area contributed by atoms with E-state index in [4.69, 9.17) is 0 Å². The predicted molar refractivity (Wildman–Crippen MR) is 128 cm³/mol. The van der Waals surface area contributed by atoms with Crippen LogP contribution in [0.3, 0.4) is 0 Å². The Balaban J connectivity index is 1.68. The van der Waals surface area contributed by atoms with Crippen LogP contribution in [0.5, 0.6) is 0 Å². The number of Topliss-reactive ketones (excluding diaryl/α,β-unsaturated/α-hetero) is 3. The molecule has 3 aromatic carbocycles. The number of aryl methyl sites for hydroxylation is 1. The Morgan fingerprint density at radius 2 is 1.59 bits per heavy atom. The average molecular weight is 451 g/mol. The molecular weight excluding hydrogens is 429 g/mol. The molecule has 2 heterocycles. The van der Waals surface area contributed by atoms with Crippen molar-refractivity contribution in [2.75, 3.05) is 4.90 Å². The molecule has 3 aromatic rings. The number of benzene rings is 3. The van der Waals surface area contributed by atoms with Crippen molar-refractivity contribution >= 4 is 29.1 Å².